The highest BCUT2D eigenvalue weighted by atomic mass is 16.5. The summed E-state index contributed by atoms with van der Waals surface area (Å²) in [6, 6.07) is 7.99. The summed E-state index contributed by atoms with van der Waals surface area (Å²) >= 11 is 0. The smallest absolute Gasteiger partial charge is 0.308 e. The predicted octanol–water partition coefficient (Wildman–Crippen LogP) is 3.16. The number of fused-ring (bicyclic) bond motifs is 1. The first-order chi connectivity index (χ1) is 9.84. The molecule has 0 spiro atoms. The molecule has 1 aromatic carbocycles. The van der Waals surface area contributed by atoms with E-state index in [1.807, 2.05) is 28.8 Å². The largest absolute Gasteiger partial charge is 0.464 e. The predicted molar refractivity (Wildman–Crippen MR) is 77.3 cm³/mol. The Morgan fingerprint density at radius 1 is 1.25 bits per heavy atom. The van der Waals surface area contributed by atoms with Crippen molar-refractivity contribution in [1.82, 2.24) is 9.55 Å². The van der Waals surface area contributed by atoms with Crippen molar-refractivity contribution in [2.24, 2.45) is 5.92 Å². The van der Waals surface area contributed by atoms with E-state index in [4.69, 9.17) is 4.74 Å². The molecule has 3 rings (SSSR count). The van der Waals surface area contributed by atoms with E-state index < -0.39 is 0 Å². The maximum atomic E-state index is 11.9. The Kier molecular flexibility index (Phi) is 4.00. The molecule has 106 valence electrons. The van der Waals surface area contributed by atoms with Crippen LogP contribution in [0.5, 0.6) is 0 Å². The number of benzene rings is 1. The molecule has 2 aromatic rings. The normalized spacial score (nSPS) is 16.4. The molecule has 20 heavy (non-hydrogen) atoms. The number of rotatable bonds is 4. The van der Waals surface area contributed by atoms with Crippen LogP contribution in [0.3, 0.4) is 0 Å². The van der Waals surface area contributed by atoms with E-state index in [9.17, 15) is 4.79 Å². The van der Waals surface area contributed by atoms with Gasteiger partial charge in [-0.25, -0.2) is 4.98 Å². The first kappa shape index (κ1) is 13.2. The van der Waals surface area contributed by atoms with Gasteiger partial charge in [0.2, 0.25) is 0 Å². The molecule has 1 saturated carbocycles. The summed E-state index contributed by atoms with van der Waals surface area (Å²) in [5.74, 6) is 0.109. The number of ether oxygens (including phenoxy) is 1. The second-order valence-electron chi connectivity index (χ2n) is 5.43. The van der Waals surface area contributed by atoms with Gasteiger partial charge in [-0.15, -0.1) is 0 Å². The average Bonchev–Trinajstić information content (AvgIpc) is 2.92. The molecule has 4 heteroatoms. The zero-order valence-electron chi connectivity index (χ0n) is 11.6. The van der Waals surface area contributed by atoms with Crippen LogP contribution in [-0.4, -0.2) is 22.1 Å². The number of aromatic nitrogens is 2. The van der Waals surface area contributed by atoms with Crippen LogP contribution in [-0.2, 0) is 16.1 Å². The number of nitrogens with zero attached hydrogens (tertiary/aromatic N) is 2. The molecule has 1 heterocycles. The first-order valence-corrected chi connectivity index (χ1v) is 7.41. The molecular formula is C16H20N2O2. The van der Waals surface area contributed by atoms with Crippen LogP contribution >= 0.6 is 0 Å². The molecule has 1 aliphatic rings. The first-order valence-electron chi connectivity index (χ1n) is 7.41. The summed E-state index contributed by atoms with van der Waals surface area (Å²) < 4.78 is 7.45. The Balaban J connectivity index is 1.53. The van der Waals surface area contributed by atoms with E-state index >= 15 is 0 Å². The lowest BCUT2D eigenvalue weighted by Gasteiger charge is -2.19. The Morgan fingerprint density at radius 3 is 2.90 bits per heavy atom. The standard InChI is InChI=1S/C16H20N2O2/c19-16(13-6-2-1-3-7-13)20-11-10-18-12-17-14-8-4-5-9-15(14)18/h4-5,8-9,12-13H,1-3,6-7,10-11H2. The Labute approximate surface area is 118 Å². The van der Waals surface area contributed by atoms with Gasteiger partial charge < -0.3 is 9.30 Å². The van der Waals surface area contributed by atoms with Gasteiger partial charge in [0.25, 0.3) is 0 Å². The summed E-state index contributed by atoms with van der Waals surface area (Å²) in [5.41, 5.74) is 2.06. The van der Waals surface area contributed by atoms with Crippen LogP contribution < -0.4 is 0 Å². The number of esters is 1. The van der Waals surface area contributed by atoms with Gasteiger partial charge in [-0.3, -0.25) is 4.79 Å². The highest BCUT2D eigenvalue weighted by molar-refractivity contribution is 5.75. The molecule has 0 atom stereocenters. The van der Waals surface area contributed by atoms with Gasteiger partial charge >= 0.3 is 5.97 Å². The molecule has 1 aliphatic carbocycles. The molecule has 1 aromatic heterocycles. The molecule has 0 radical (unpaired) electrons. The van der Waals surface area contributed by atoms with Gasteiger partial charge in [0, 0.05) is 0 Å². The number of para-hydroxylation sites is 2. The molecule has 4 nitrogen and oxygen atoms in total. The van der Waals surface area contributed by atoms with E-state index in [2.05, 4.69) is 4.98 Å². The lowest BCUT2D eigenvalue weighted by atomic mass is 9.89. The molecule has 0 aliphatic heterocycles. The third-order valence-electron chi connectivity index (χ3n) is 4.04. The van der Waals surface area contributed by atoms with Gasteiger partial charge in [0.1, 0.15) is 6.61 Å². The molecule has 0 amide bonds. The summed E-state index contributed by atoms with van der Waals surface area (Å²) in [6.07, 6.45) is 7.36. The van der Waals surface area contributed by atoms with Crippen molar-refractivity contribution in [3.63, 3.8) is 0 Å². The fraction of sp³-hybridized carbons (Fsp3) is 0.500. The van der Waals surface area contributed by atoms with Gasteiger partial charge in [0.15, 0.2) is 0 Å². The molecule has 0 saturated heterocycles. The van der Waals surface area contributed by atoms with Crippen LogP contribution in [0.15, 0.2) is 30.6 Å². The lowest BCUT2D eigenvalue weighted by Crippen LogP contribution is -2.21. The van der Waals surface area contributed by atoms with Crippen LogP contribution in [0.25, 0.3) is 11.0 Å². The molecule has 1 fully saturated rings. The average molecular weight is 272 g/mol. The number of imidazole rings is 1. The summed E-state index contributed by atoms with van der Waals surface area (Å²) in [5, 5.41) is 0. The van der Waals surface area contributed by atoms with Crippen LogP contribution in [0.1, 0.15) is 32.1 Å². The summed E-state index contributed by atoms with van der Waals surface area (Å²) in [4.78, 5) is 16.3. The zero-order valence-corrected chi connectivity index (χ0v) is 11.6. The minimum atomic E-state index is -0.0193. The second kappa shape index (κ2) is 6.07. The second-order valence-corrected chi connectivity index (χ2v) is 5.43. The molecule has 0 N–H and O–H groups in total. The van der Waals surface area contributed by atoms with Crippen LogP contribution in [0.4, 0.5) is 0 Å². The van der Waals surface area contributed by atoms with E-state index in [-0.39, 0.29) is 11.9 Å². The molecule has 0 unspecified atom stereocenters. The monoisotopic (exact) mass is 272 g/mol. The highest BCUT2D eigenvalue weighted by Gasteiger charge is 2.22. The fourth-order valence-electron chi connectivity index (χ4n) is 2.89. The SMILES string of the molecule is O=C(OCCn1cnc2ccccc21)C1CCCCC1. The maximum absolute atomic E-state index is 11.9. The Hall–Kier alpha value is -1.84. The Morgan fingerprint density at radius 2 is 2.05 bits per heavy atom. The minimum absolute atomic E-state index is 0.0193. The number of carbonyl (C=O) groups is 1. The topological polar surface area (TPSA) is 44.1 Å². The minimum Gasteiger partial charge on any atom is -0.464 e. The van der Waals surface area contributed by atoms with Crippen molar-refractivity contribution in [2.75, 3.05) is 6.61 Å². The van der Waals surface area contributed by atoms with Crippen molar-refractivity contribution in [2.45, 2.75) is 38.6 Å². The number of hydrogen-bond acceptors (Lipinski definition) is 3. The number of hydrogen-bond donors (Lipinski definition) is 0. The van der Waals surface area contributed by atoms with E-state index in [0.717, 1.165) is 36.7 Å². The van der Waals surface area contributed by atoms with Gasteiger partial charge in [-0.1, -0.05) is 31.4 Å². The molecule has 0 bridgehead atoms. The van der Waals surface area contributed by atoms with Crippen molar-refractivity contribution in [1.29, 1.82) is 0 Å². The van der Waals surface area contributed by atoms with Crippen molar-refractivity contribution < 1.29 is 9.53 Å². The van der Waals surface area contributed by atoms with E-state index in [1.165, 1.54) is 6.42 Å². The van der Waals surface area contributed by atoms with E-state index in [0.29, 0.717) is 13.2 Å². The third-order valence-corrected chi connectivity index (χ3v) is 4.04. The summed E-state index contributed by atoms with van der Waals surface area (Å²) in [7, 11) is 0. The van der Waals surface area contributed by atoms with Crippen LogP contribution in [0, 0.1) is 5.92 Å². The van der Waals surface area contributed by atoms with Crippen LogP contribution in [0.2, 0.25) is 0 Å². The number of carbonyl (C=O) groups excluding carboxylic acids is 1. The Bertz CT molecular complexity index is 585. The van der Waals surface area contributed by atoms with Crippen molar-refractivity contribution in [3.8, 4) is 0 Å². The maximum Gasteiger partial charge on any atom is 0.308 e. The van der Waals surface area contributed by atoms with Gasteiger partial charge in [-0.05, 0) is 25.0 Å². The van der Waals surface area contributed by atoms with E-state index in [1.54, 1.807) is 6.33 Å². The molecular weight excluding hydrogens is 252 g/mol. The fourth-order valence-corrected chi connectivity index (χ4v) is 2.89. The highest BCUT2D eigenvalue weighted by Crippen LogP contribution is 2.24. The quantitative estimate of drug-likeness (QED) is 0.803. The van der Waals surface area contributed by atoms with Crippen molar-refractivity contribution in [3.05, 3.63) is 30.6 Å². The summed E-state index contributed by atoms with van der Waals surface area (Å²) in [6.45, 7) is 1.09. The van der Waals surface area contributed by atoms with Gasteiger partial charge in [-0.2, -0.15) is 0 Å². The van der Waals surface area contributed by atoms with Crippen molar-refractivity contribution >= 4 is 17.0 Å². The zero-order chi connectivity index (χ0) is 13.8. The lowest BCUT2D eigenvalue weighted by molar-refractivity contribution is -0.149. The van der Waals surface area contributed by atoms with Gasteiger partial charge in [0.05, 0.1) is 29.8 Å². The third kappa shape index (κ3) is 2.84.